The largest absolute Gasteiger partial charge is 0.309 e. The molecule has 0 amide bonds. The lowest BCUT2D eigenvalue weighted by molar-refractivity contribution is 0.769. The average molecular weight is 1700 g/mol. The zero-order chi connectivity index (χ0) is 88.1. The summed E-state index contributed by atoms with van der Waals surface area (Å²) in [4.78, 5) is 0. The Balaban J connectivity index is 0.000000136. The number of aromatic nitrogens is 4. The summed E-state index contributed by atoms with van der Waals surface area (Å²) in [6, 6.07) is 189. The van der Waals surface area contributed by atoms with E-state index >= 15 is 0 Å². The van der Waals surface area contributed by atoms with E-state index in [2.05, 4.69) is 528 Å². The zero-order valence-electron chi connectivity index (χ0n) is 73.3. The Kier molecular flexibility index (Phi) is 17.5. The van der Waals surface area contributed by atoms with E-state index in [4.69, 9.17) is 0 Å². The van der Waals surface area contributed by atoms with Crippen molar-refractivity contribution in [1.82, 2.24) is 18.3 Å². The molecule has 0 atom stereocenters. The van der Waals surface area contributed by atoms with E-state index < -0.39 is 10.8 Å². The first-order chi connectivity index (χ1) is 66.5. The van der Waals surface area contributed by atoms with Crippen molar-refractivity contribution in [3.63, 3.8) is 0 Å². The Labute approximate surface area is 776 Å². The normalized spacial score (nSPS) is 12.9. The number of hydrogen-bond donors (Lipinski definition) is 0. The molecular formula is C130H84N4. The number of nitrogens with zero attached hydrogens (tertiary/aromatic N) is 4. The topological polar surface area (TPSA) is 19.7 Å². The molecule has 4 heterocycles. The molecule has 28 rings (SSSR count). The Bertz CT molecular complexity index is 9140. The summed E-state index contributed by atoms with van der Waals surface area (Å²) in [5.74, 6) is 0. The maximum absolute atomic E-state index is 2.54. The van der Waals surface area contributed by atoms with Gasteiger partial charge in [-0.05, 0) is 243 Å². The van der Waals surface area contributed by atoms with Gasteiger partial charge in [0.2, 0.25) is 0 Å². The van der Waals surface area contributed by atoms with Crippen LogP contribution in [0.5, 0.6) is 0 Å². The highest BCUT2D eigenvalue weighted by molar-refractivity contribution is 6.18. The zero-order valence-corrected chi connectivity index (χ0v) is 73.3. The van der Waals surface area contributed by atoms with Gasteiger partial charge in [0.15, 0.2) is 0 Å². The van der Waals surface area contributed by atoms with Crippen molar-refractivity contribution in [1.29, 1.82) is 0 Å². The van der Waals surface area contributed by atoms with Gasteiger partial charge in [-0.3, -0.25) is 0 Å². The molecule has 0 spiro atoms. The predicted molar refractivity (Wildman–Crippen MR) is 562 cm³/mol. The van der Waals surface area contributed by atoms with Crippen molar-refractivity contribution in [2.24, 2.45) is 0 Å². The third-order valence-corrected chi connectivity index (χ3v) is 29.1. The van der Waals surface area contributed by atoms with Crippen LogP contribution in [0.3, 0.4) is 0 Å². The monoisotopic (exact) mass is 1700 g/mol. The Hall–Kier alpha value is -17.4. The fourth-order valence-electron chi connectivity index (χ4n) is 23.4. The summed E-state index contributed by atoms with van der Waals surface area (Å²) in [5, 5.41) is 14.9. The van der Waals surface area contributed by atoms with Gasteiger partial charge in [-0.25, -0.2) is 0 Å². The third-order valence-electron chi connectivity index (χ3n) is 29.1. The molecule has 0 bridgehead atoms. The maximum Gasteiger partial charge on any atom is 0.0714 e. The highest BCUT2D eigenvalue weighted by atomic mass is 15.0. The van der Waals surface area contributed by atoms with Crippen molar-refractivity contribution in [3.05, 3.63) is 554 Å². The number of fused-ring (bicyclic) bond motifs is 20. The van der Waals surface area contributed by atoms with Crippen LogP contribution in [0.4, 0.5) is 0 Å². The SMILES string of the molecule is c1ccc(-c2cccc(-n3c4ccc(-c5ccc6c(c5)c5ccccc5n6-c5cccc6ccccc56)cc4c4cc5c(cc43)-c3ccccc3C5(c3ccccc3)c3ccccc3)c2)cc1.c1ccc(-c2cccc(-n3c4ccc(-c5ccc6c(c5)c5ccccc5n6-c5cccc6ccccc56)cc4c4cc5c(cc43)C(c3ccccc3)(c3ccccc3)c3ccccc3-5)c2)cc1. The van der Waals surface area contributed by atoms with Crippen molar-refractivity contribution in [3.8, 4) is 89.5 Å². The minimum atomic E-state index is -0.512. The molecule has 134 heavy (non-hydrogen) atoms. The van der Waals surface area contributed by atoms with Crippen molar-refractivity contribution >= 4 is 109 Å². The van der Waals surface area contributed by atoms with E-state index in [0.29, 0.717) is 0 Å². The second kappa shape index (κ2) is 30.6. The highest BCUT2D eigenvalue weighted by Crippen LogP contribution is 2.60. The van der Waals surface area contributed by atoms with Crippen molar-refractivity contribution in [2.75, 3.05) is 0 Å². The van der Waals surface area contributed by atoms with Gasteiger partial charge in [0.05, 0.1) is 66.3 Å². The molecule has 4 nitrogen and oxygen atoms in total. The second-order valence-electron chi connectivity index (χ2n) is 36.0. The first kappa shape index (κ1) is 76.6. The summed E-state index contributed by atoms with van der Waals surface area (Å²) in [7, 11) is 0. The summed E-state index contributed by atoms with van der Waals surface area (Å²) < 4.78 is 9.89. The molecule has 0 N–H and O–H groups in total. The van der Waals surface area contributed by atoms with Crippen LogP contribution in [0.25, 0.3) is 198 Å². The molecule has 4 heteroatoms. The molecule has 624 valence electrons. The highest BCUT2D eigenvalue weighted by Gasteiger charge is 2.48. The smallest absolute Gasteiger partial charge is 0.0714 e. The summed E-state index contributed by atoms with van der Waals surface area (Å²) in [5.41, 5.74) is 38.2. The fraction of sp³-hybridized carbons (Fsp3) is 0.0154. The van der Waals surface area contributed by atoms with Gasteiger partial charge in [0.1, 0.15) is 0 Å². The van der Waals surface area contributed by atoms with Gasteiger partial charge in [-0.15, -0.1) is 0 Å². The van der Waals surface area contributed by atoms with E-state index in [0.717, 1.165) is 11.4 Å². The lowest BCUT2D eigenvalue weighted by atomic mass is 9.67. The van der Waals surface area contributed by atoms with Crippen molar-refractivity contribution < 1.29 is 0 Å². The number of hydrogen-bond acceptors (Lipinski definition) is 0. The lowest BCUT2D eigenvalue weighted by Gasteiger charge is -2.34. The third kappa shape index (κ3) is 11.6. The van der Waals surface area contributed by atoms with Crippen LogP contribution >= 0.6 is 0 Å². The molecule has 4 aromatic heterocycles. The van der Waals surface area contributed by atoms with Gasteiger partial charge in [-0.1, -0.05) is 388 Å². The molecule has 0 unspecified atom stereocenters. The molecule has 0 saturated heterocycles. The quantitative estimate of drug-likeness (QED) is 0.116. The van der Waals surface area contributed by atoms with Gasteiger partial charge in [0, 0.05) is 65.2 Å². The van der Waals surface area contributed by atoms with Gasteiger partial charge < -0.3 is 18.3 Å². The minimum Gasteiger partial charge on any atom is -0.309 e. The Morgan fingerprint density at radius 1 is 0.134 bits per heavy atom. The minimum absolute atomic E-state index is 0.509. The lowest BCUT2D eigenvalue weighted by Crippen LogP contribution is -2.28. The van der Waals surface area contributed by atoms with E-state index in [1.165, 1.54) is 231 Å². The summed E-state index contributed by atoms with van der Waals surface area (Å²) in [6.45, 7) is 0. The standard InChI is InChI=1S/2C65H42N2/c1-4-18-43(19-5-1)45-22-16-27-50(38-45)66-62-36-34-47(46-35-37-63-55(39-46)53-30-13-15-32-61(53)67(63)60-33-17-21-44-20-10-11-28-51(44)60)40-56(62)57-41-59-54(42-64(57)66)52-29-12-14-31-58(52)65(59,48-23-6-2-7-24-48)49-25-8-3-9-26-49;1-4-18-43(19-5-1)45-22-16-27-50(38-45)66-62-36-34-47(46-35-37-63-55(39-46)53-30-13-15-32-61(53)67(63)60-33-17-21-44-20-10-11-28-51(44)60)40-56(62)57-41-54-52-29-12-14-31-58(52)65(59(54)42-64(57)66,48-23-6-2-7-24-48)49-25-8-3-9-26-49/h2*1-42H. The molecule has 22 aromatic carbocycles. The van der Waals surface area contributed by atoms with E-state index in [1.807, 2.05) is 0 Å². The Morgan fingerprint density at radius 2 is 0.418 bits per heavy atom. The first-order valence-corrected chi connectivity index (χ1v) is 46.5. The molecule has 0 fully saturated rings. The van der Waals surface area contributed by atoms with Crippen LogP contribution in [0, 0.1) is 0 Å². The van der Waals surface area contributed by atoms with Gasteiger partial charge in [-0.2, -0.15) is 0 Å². The van der Waals surface area contributed by atoms with E-state index in [1.54, 1.807) is 0 Å². The number of benzene rings is 22. The van der Waals surface area contributed by atoms with Crippen LogP contribution in [0.1, 0.15) is 44.5 Å². The van der Waals surface area contributed by atoms with Gasteiger partial charge in [0.25, 0.3) is 0 Å². The first-order valence-electron chi connectivity index (χ1n) is 46.5. The molecular weight excluding hydrogens is 1620 g/mol. The van der Waals surface area contributed by atoms with Crippen LogP contribution in [-0.4, -0.2) is 18.3 Å². The Morgan fingerprint density at radius 3 is 0.843 bits per heavy atom. The fourth-order valence-corrected chi connectivity index (χ4v) is 23.4. The van der Waals surface area contributed by atoms with Crippen LogP contribution in [0.15, 0.2) is 510 Å². The summed E-state index contributed by atoms with van der Waals surface area (Å²) in [6.07, 6.45) is 0. The molecule has 0 saturated carbocycles. The average Bonchev–Trinajstić information content (AvgIpc) is 1.52. The number of rotatable bonds is 12. The van der Waals surface area contributed by atoms with Crippen molar-refractivity contribution in [2.45, 2.75) is 10.8 Å². The molecule has 0 radical (unpaired) electrons. The van der Waals surface area contributed by atoms with Crippen LogP contribution < -0.4 is 0 Å². The van der Waals surface area contributed by atoms with Gasteiger partial charge >= 0.3 is 0 Å². The second-order valence-corrected chi connectivity index (χ2v) is 36.0. The molecule has 26 aromatic rings. The molecule has 2 aliphatic rings. The predicted octanol–water partition coefficient (Wildman–Crippen LogP) is 33.5. The molecule has 2 aliphatic carbocycles. The van der Waals surface area contributed by atoms with E-state index in [9.17, 15) is 0 Å². The number of para-hydroxylation sites is 2. The van der Waals surface area contributed by atoms with Crippen LogP contribution in [-0.2, 0) is 10.8 Å². The van der Waals surface area contributed by atoms with E-state index in [-0.39, 0.29) is 0 Å². The summed E-state index contributed by atoms with van der Waals surface area (Å²) >= 11 is 0. The molecule has 0 aliphatic heterocycles. The maximum atomic E-state index is 2.54. The van der Waals surface area contributed by atoms with Crippen LogP contribution in [0.2, 0.25) is 0 Å².